The maximum absolute atomic E-state index is 5.95. The van der Waals surface area contributed by atoms with Gasteiger partial charge in [0.15, 0.2) is 0 Å². The minimum Gasteiger partial charge on any atom is -0.305 e. The molecular weight excluding hydrogens is 275 g/mol. The Balaban J connectivity index is 0.00000144. The van der Waals surface area contributed by atoms with Gasteiger partial charge in [0.25, 0.3) is 0 Å². The van der Waals surface area contributed by atoms with Gasteiger partial charge in [0.1, 0.15) is 0 Å². The summed E-state index contributed by atoms with van der Waals surface area (Å²) in [5, 5.41) is 6.24. The van der Waals surface area contributed by atoms with E-state index in [1.54, 1.807) is 11.3 Å². The van der Waals surface area contributed by atoms with E-state index < -0.39 is 0 Å². The Morgan fingerprint density at radius 3 is 2.94 bits per heavy atom. The van der Waals surface area contributed by atoms with Crippen LogP contribution in [0.1, 0.15) is 24.2 Å². The molecule has 2 aromatic rings. The number of aromatic nitrogens is 1. The number of benzene rings is 1. The predicted octanol–water partition coefficient (Wildman–Crippen LogP) is 4.07. The monoisotopic (exact) mass is 288 g/mol. The number of hydrogen-bond donors (Lipinski definition) is 1. The maximum Gasteiger partial charge on any atom is 0.0795 e. The van der Waals surface area contributed by atoms with E-state index in [2.05, 4.69) is 28.7 Å². The maximum atomic E-state index is 5.95. The molecule has 17 heavy (non-hydrogen) atoms. The molecule has 0 spiro atoms. The second-order valence-electron chi connectivity index (χ2n) is 3.64. The highest BCUT2D eigenvalue weighted by atomic mass is 35.5. The molecule has 0 saturated heterocycles. The van der Waals surface area contributed by atoms with Gasteiger partial charge >= 0.3 is 0 Å². The molecule has 0 fully saturated rings. The molecule has 2 nitrogen and oxygen atoms in total. The van der Waals surface area contributed by atoms with Crippen molar-refractivity contribution in [3.63, 3.8) is 0 Å². The number of hydrogen-bond acceptors (Lipinski definition) is 3. The van der Waals surface area contributed by atoms with Gasteiger partial charge in [0.05, 0.1) is 11.2 Å². The van der Waals surface area contributed by atoms with Crippen molar-refractivity contribution < 1.29 is 0 Å². The third-order valence-corrected chi connectivity index (χ3v) is 3.29. The van der Waals surface area contributed by atoms with E-state index in [-0.39, 0.29) is 18.4 Å². The summed E-state index contributed by atoms with van der Waals surface area (Å²) in [5.41, 5.74) is 4.13. The van der Waals surface area contributed by atoms with Crippen LogP contribution < -0.4 is 5.32 Å². The Morgan fingerprint density at radius 1 is 1.47 bits per heavy atom. The Labute approximate surface area is 116 Å². The van der Waals surface area contributed by atoms with Crippen molar-refractivity contribution in [1.29, 1.82) is 0 Å². The molecule has 1 atom stereocenters. The first kappa shape index (κ1) is 14.5. The molecule has 5 heteroatoms. The van der Waals surface area contributed by atoms with Gasteiger partial charge in [-0.2, -0.15) is 0 Å². The topological polar surface area (TPSA) is 24.9 Å². The first-order chi connectivity index (χ1) is 7.75. The molecule has 1 unspecified atom stereocenters. The van der Waals surface area contributed by atoms with Gasteiger partial charge in [-0.25, -0.2) is 4.98 Å². The van der Waals surface area contributed by atoms with Crippen LogP contribution >= 0.6 is 35.3 Å². The average Bonchev–Trinajstić information content (AvgIpc) is 2.78. The van der Waals surface area contributed by atoms with Crippen LogP contribution in [0.5, 0.6) is 0 Å². The van der Waals surface area contributed by atoms with Gasteiger partial charge in [-0.05, 0) is 24.6 Å². The van der Waals surface area contributed by atoms with Crippen molar-refractivity contribution in [3.05, 3.63) is 51.4 Å². The zero-order valence-electron chi connectivity index (χ0n) is 9.39. The molecule has 0 amide bonds. The molecule has 92 valence electrons. The molecule has 1 aromatic heterocycles. The summed E-state index contributed by atoms with van der Waals surface area (Å²) in [6.07, 6.45) is 0. The van der Waals surface area contributed by atoms with Crippen LogP contribution in [0.2, 0.25) is 5.02 Å². The summed E-state index contributed by atoms with van der Waals surface area (Å²) >= 11 is 7.57. The fraction of sp³-hybridized carbons (Fsp3) is 0.250. The van der Waals surface area contributed by atoms with Crippen molar-refractivity contribution >= 4 is 35.3 Å². The molecule has 0 aliphatic carbocycles. The second-order valence-corrected chi connectivity index (χ2v) is 4.79. The molecule has 1 N–H and O–H groups in total. The normalized spacial score (nSPS) is 11.9. The fourth-order valence-corrected chi connectivity index (χ4v) is 2.23. The molecule has 2 rings (SSSR count). The fourth-order valence-electron chi connectivity index (χ4n) is 1.48. The molecule has 1 heterocycles. The van der Waals surface area contributed by atoms with E-state index >= 15 is 0 Å². The number of nitrogens with zero attached hydrogens (tertiary/aromatic N) is 1. The van der Waals surface area contributed by atoms with Crippen LogP contribution in [-0.2, 0) is 6.54 Å². The zero-order chi connectivity index (χ0) is 11.4. The summed E-state index contributed by atoms with van der Waals surface area (Å²) in [6, 6.07) is 8.20. The summed E-state index contributed by atoms with van der Waals surface area (Å²) in [5.74, 6) is 0. The molecule has 0 aliphatic rings. The highest BCUT2D eigenvalue weighted by Gasteiger charge is 2.05. The molecular formula is C12H14Cl2N2S. The van der Waals surface area contributed by atoms with Crippen LogP contribution in [0.15, 0.2) is 35.2 Å². The quantitative estimate of drug-likeness (QED) is 0.917. The summed E-state index contributed by atoms with van der Waals surface area (Å²) in [4.78, 5) is 4.23. The van der Waals surface area contributed by atoms with Crippen molar-refractivity contribution in [1.82, 2.24) is 10.3 Å². The van der Waals surface area contributed by atoms with Crippen LogP contribution in [-0.4, -0.2) is 4.98 Å². The third kappa shape index (κ3) is 4.28. The largest absolute Gasteiger partial charge is 0.305 e. The van der Waals surface area contributed by atoms with Crippen molar-refractivity contribution in [3.8, 4) is 0 Å². The van der Waals surface area contributed by atoms with E-state index in [1.807, 2.05) is 23.7 Å². The smallest absolute Gasteiger partial charge is 0.0795 e. The van der Waals surface area contributed by atoms with Gasteiger partial charge in [0, 0.05) is 23.0 Å². The minimum atomic E-state index is 0. The van der Waals surface area contributed by atoms with Gasteiger partial charge in [-0.15, -0.1) is 23.7 Å². The lowest BCUT2D eigenvalue weighted by Crippen LogP contribution is -2.18. The van der Waals surface area contributed by atoms with E-state index in [0.717, 1.165) is 17.3 Å². The molecule has 0 radical (unpaired) electrons. The number of nitrogens with one attached hydrogen (secondary N) is 1. The van der Waals surface area contributed by atoms with E-state index in [4.69, 9.17) is 11.6 Å². The molecule has 1 aromatic carbocycles. The lowest BCUT2D eigenvalue weighted by Gasteiger charge is -2.13. The molecule has 0 aliphatic heterocycles. The van der Waals surface area contributed by atoms with Crippen molar-refractivity contribution in [2.24, 2.45) is 0 Å². The van der Waals surface area contributed by atoms with Crippen LogP contribution in [0.4, 0.5) is 0 Å². The van der Waals surface area contributed by atoms with Gasteiger partial charge in [-0.1, -0.05) is 23.7 Å². The first-order valence-electron chi connectivity index (χ1n) is 5.11. The molecule has 0 bridgehead atoms. The first-order valence-corrected chi connectivity index (χ1v) is 6.43. The molecule has 0 saturated carbocycles. The number of halogens is 2. The van der Waals surface area contributed by atoms with E-state index in [1.165, 1.54) is 5.56 Å². The van der Waals surface area contributed by atoms with E-state index in [0.29, 0.717) is 0 Å². The lowest BCUT2D eigenvalue weighted by atomic mass is 10.1. The third-order valence-electron chi connectivity index (χ3n) is 2.42. The Bertz CT molecular complexity index is 446. The zero-order valence-corrected chi connectivity index (χ0v) is 11.8. The minimum absolute atomic E-state index is 0. The van der Waals surface area contributed by atoms with Crippen LogP contribution in [0, 0.1) is 0 Å². The SMILES string of the molecule is CC(NCc1cscn1)c1cccc(Cl)c1.Cl. The Morgan fingerprint density at radius 2 is 2.29 bits per heavy atom. The Kier molecular flexibility index (Phi) is 5.92. The highest BCUT2D eigenvalue weighted by Crippen LogP contribution is 2.17. The average molecular weight is 289 g/mol. The number of thiazole rings is 1. The summed E-state index contributed by atoms with van der Waals surface area (Å²) in [6.45, 7) is 2.91. The van der Waals surface area contributed by atoms with Crippen molar-refractivity contribution in [2.75, 3.05) is 0 Å². The summed E-state index contributed by atoms with van der Waals surface area (Å²) in [7, 11) is 0. The van der Waals surface area contributed by atoms with Gasteiger partial charge in [-0.3, -0.25) is 0 Å². The Hall–Kier alpha value is -0.610. The highest BCUT2D eigenvalue weighted by molar-refractivity contribution is 7.07. The number of rotatable bonds is 4. The van der Waals surface area contributed by atoms with Gasteiger partial charge < -0.3 is 5.32 Å². The van der Waals surface area contributed by atoms with Crippen LogP contribution in [0.3, 0.4) is 0 Å². The summed E-state index contributed by atoms with van der Waals surface area (Å²) < 4.78 is 0. The lowest BCUT2D eigenvalue weighted by molar-refractivity contribution is 0.569. The predicted molar refractivity (Wildman–Crippen MR) is 76.1 cm³/mol. The van der Waals surface area contributed by atoms with Gasteiger partial charge in [0.2, 0.25) is 0 Å². The van der Waals surface area contributed by atoms with E-state index in [9.17, 15) is 0 Å². The van der Waals surface area contributed by atoms with Crippen molar-refractivity contribution in [2.45, 2.75) is 19.5 Å². The van der Waals surface area contributed by atoms with Crippen LogP contribution in [0.25, 0.3) is 0 Å². The standard InChI is InChI=1S/C12H13ClN2S.ClH/c1-9(10-3-2-4-11(13)5-10)14-6-12-7-16-8-15-12;/h2-5,7-9,14H,6H2,1H3;1H. The second kappa shape index (κ2) is 6.97.